The SMILES string of the molecule is CN=C(NCc1ccccc1OC(F)F)NCC1CCCN1CCOC.I. The number of ether oxygens (including phenoxy) is 2. The van der Waals surface area contributed by atoms with Crippen LogP contribution in [0.5, 0.6) is 5.75 Å². The molecule has 2 rings (SSSR count). The summed E-state index contributed by atoms with van der Waals surface area (Å²) in [7, 11) is 3.40. The van der Waals surface area contributed by atoms with Gasteiger partial charge in [-0.2, -0.15) is 8.78 Å². The van der Waals surface area contributed by atoms with Crippen molar-refractivity contribution in [3.05, 3.63) is 29.8 Å². The van der Waals surface area contributed by atoms with Crippen LogP contribution in [0.25, 0.3) is 0 Å². The van der Waals surface area contributed by atoms with Crippen LogP contribution in [0.2, 0.25) is 0 Å². The van der Waals surface area contributed by atoms with Crippen LogP contribution in [0.4, 0.5) is 8.78 Å². The lowest BCUT2D eigenvalue weighted by atomic mass is 10.2. The number of benzene rings is 1. The second-order valence-electron chi connectivity index (χ2n) is 6.12. The normalized spacial score (nSPS) is 17.7. The number of guanidine groups is 1. The number of methoxy groups -OCH3 is 1. The van der Waals surface area contributed by atoms with Crippen molar-refractivity contribution in [3.63, 3.8) is 0 Å². The molecule has 1 aliphatic heterocycles. The van der Waals surface area contributed by atoms with E-state index in [1.807, 2.05) is 0 Å². The Kier molecular flexibility index (Phi) is 11.5. The molecule has 0 amide bonds. The van der Waals surface area contributed by atoms with Gasteiger partial charge in [-0.3, -0.25) is 9.89 Å². The third kappa shape index (κ3) is 8.14. The molecule has 154 valence electrons. The molecule has 1 aromatic carbocycles. The van der Waals surface area contributed by atoms with Crippen molar-refractivity contribution >= 4 is 29.9 Å². The van der Waals surface area contributed by atoms with E-state index in [1.54, 1.807) is 32.4 Å². The lowest BCUT2D eigenvalue weighted by Gasteiger charge is -2.25. The van der Waals surface area contributed by atoms with Gasteiger partial charge in [0.15, 0.2) is 5.96 Å². The molecule has 1 unspecified atom stereocenters. The van der Waals surface area contributed by atoms with Crippen molar-refractivity contribution in [2.75, 3.05) is 40.4 Å². The lowest BCUT2D eigenvalue weighted by molar-refractivity contribution is -0.0504. The summed E-state index contributed by atoms with van der Waals surface area (Å²) in [4.78, 5) is 6.62. The first-order valence-corrected chi connectivity index (χ1v) is 8.84. The quantitative estimate of drug-likeness (QED) is 0.312. The molecule has 0 spiro atoms. The van der Waals surface area contributed by atoms with Crippen molar-refractivity contribution in [1.82, 2.24) is 15.5 Å². The number of halogens is 3. The minimum Gasteiger partial charge on any atom is -0.434 e. The largest absolute Gasteiger partial charge is 0.434 e. The number of para-hydroxylation sites is 1. The first-order chi connectivity index (χ1) is 12.6. The highest BCUT2D eigenvalue weighted by Crippen LogP contribution is 2.20. The number of rotatable bonds is 9. The average molecular weight is 498 g/mol. The van der Waals surface area contributed by atoms with E-state index in [2.05, 4.69) is 25.3 Å². The molecule has 0 radical (unpaired) electrons. The number of alkyl halides is 2. The predicted octanol–water partition coefficient (Wildman–Crippen LogP) is 2.68. The molecule has 1 heterocycles. The minimum atomic E-state index is -2.84. The van der Waals surface area contributed by atoms with Crippen LogP contribution in [0.3, 0.4) is 0 Å². The highest BCUT2D eigenvalue weighted by Gasteiger charge is 2.24. The summed E-state index contributed by atoms with van der Waals surface area (Å²) in [5, 5.41) is 6.47. The van der Waals surface area contributed by atoms with E-state index in [0.717, 1.165) is 32.7 Å². The van der Waals surface area contributed by atoms with Crippen LogP contribution in [0.1, 0.15) is 18.4 Å². The number of likely N-dealkylation sites (tertiary alicyclic amines) is 1. The van der Waals surface area contributed by atoms with Crippen molar-refractivity contribution in [2.24, 2.45) is 4.99 Å². The fraction of sp³-hybridized carbons (Fsp3) is 0.611. The molecular weight excluding hydrogens is 469 g/mol. The van der Waals surface area contributed by atoms with Crippen molar-refractivity contribution < 1.29 is 18.3 Å². The Morgan fingerprint density at radius 1 is 1.33 bits per heavy atom. The van der Waals surface area contributed by atoms with E-state index >= 15 is 0 Å². The summed E-state index contributed by atoms with van der Waals surface area (Å²) < 4.78 is 34.7. The standard InChI is InChI=1S/C18H28F2N4O2.HI/c1-21-18(23-13-15-7-5-9-24(15)10-11-25-2)22-12-14-6-3-4-8-16(14)26-17(19)20;/h3-4,6,8,15,17H,5,7,9-13H2,1-2H3,(H2,21,22,23);1H. The van der Waals surface area contributed by atoms with E-state index < -0.39 is 6.61 Å². The van der Waals surface area contributed by atoms with Crippen molar-refractivity contribution in [3.8, 4) is 5.75 Å². The summed E-state index contributed by atoms with van der Waals surface area (Å²) in [6, 6.07) is 7.19. The zero-order chi connectivity index (χ0) is 18.8. The number of aliphatic imine (C=N–C) groups is 1. The van der Waals surface area contributed by atoms with Gasteiger partial charge in [0.25, 0.3) is 0 Å². The lowest BCUT2D eigenvalue weighted by Crippen LogP contribution is -2.45. The molecule has 0 aromatic heterocycles. The number of nitrogens with one attached hydrogen (secondary N) is 2. The molecule has 27 heavy (non-hydrogen) atoms. The van der Waals surface area contributed by atoms with Gasteiger partial charge in [-0.05, 0) is 25.5 Å². The van der Waals surface area contributed by atoms with Gasteiger partial charge < -0.3 is 20.1 Å². The highest BCUT2D eigenvalue weighted by atomic mass is 127. The first kappa shape index (κ1) is 23.8. The third-order valence-corrected chi connectivity index (χ3v) is 4.45. The number of nitrogens with zero attached hydrogens (tertiary/aromatic N) is 2. The zero-order valence-corrected chi connectivity index (χ0v) is 18.1. The second-order valence-corrected chi connectivity index (χ2v) is 6.12. The molecule has 0 saturated carbocycles. The maximum absolute atomic E-state index is 12.5. The molecule has 0 aliphatic carbocycles. The average Bonchev–Trinajstić information content (AvgIpc) is 3.08. The molecular formula is C18H29F2IN4O2. The van der Waals surface area contributed by atoms with Gasteiger partial charge >= 0.3 is 6.61 Å². The second kappa shape index (κ2) is 13.1. The molecule has 2 N–H and O–H groups in total. The van der Waals surface area contributed by atoms with Crippen molar-refractivity contribution in [2.45, 2.75) is 32.0 Å². The van der Waals surface area contributed by atoms with Crippen LogP contribution >= 0.6 is 24.0 Å². The minimum absolute atomic E-state index is 0. The summed E-state index contributed by atoms with van der Waals surface area (Å²) in [6.07, 6.45) is 2.32. The summed E-state index contributed by atoms with van der Waals surface area (Å²) in [5.41, 5.74) is 0.651. The molecule has 9 heteroatoms. The van der Waals surface area contributed by atoms with E-state index in [4.69, 9.17) is 4.74 Å². The van der Waals surface area contributed by atoms with Crippen LogP contribution in [-0.2, 0) is 11.3 Å². The Morgan fingerprint density at radius 3 is 2.81 bits per heavy atom. The van der Waals surface area contributed by atoms with E-state index in [-0.39, 0.29) is 29.7 Å². The molecule has 6 nitrogen and oxygen atoms in total. The molecule has 1 saturated heterocycles. The topological polar surface area (TPSA) is 58.1 Å². The van der Waals surface area contributed by atoms with Crippen LogP contribution < -0.4 is 15.4 Å². The maximum atomic E-state index is 12.5. The Balaban J connectivity index is 0.00000364. The Bertz CT molecular complexity index is 578. The molecule has 0 bridgehead atoms. The first-order valence-electron chi connectivity index (χ1n) is 8.84. The van der Waals surface area contributed by atoms with Crippen LogP contribution in [0, 0.1) is 0 Å². The van der Waals surface area contributed by atoms with Gasteiger partial charge in [0.2, 0.25) is 0 Å². The van der Waals surface area contributed by atoms with Crippen LogP contribution in [0.15, 0.2) is 29.3 Å². The monoisotopic (exact) mass is 498 g/mol. The summed E-state index contributed by atoms with van der Waals surface area (Å²) in [6.45, 7) is 1.02. The molecule has 1 atom stereocenters. The van der Waals surface area contributed by atoms with Gasteiger partial charge in [0, 0.05) is 45.4 Å². The predicted molar refractivity (Wildman–Crippen MR) is 113 cm³/mol. The molecule has 1 fully saturated rings. The van der Waals surface area contributed by atoms with E-state index in [9.17, 15) is 8.78 Å². The Hall–Kier alpha value is -1.20. The van der Waals surface area contributed by atoms with Crippen LogP contribution in [-0.4, -0.2) is 63.9 Å². The zero-order valence-electron chi connectivity index (χ0n) is 15.8. The fourth-order valence-electron chi connectivity index (χ4n) is 3.10. The summed E-state index contributed by atoms with van der Waals surface area (Å²) in [5.74, 6) is 0.808. The van der Waals surface area contributed by atoms with Gasteiger partial charge in [0.1, 0.15) is 5.75 Å². The third-order valence-electron chi connectivity index (χ3n) is 4.45. The molecule has 1 aromatic rings. The van der Waals surface area contributed by atoms with Gasteiger partial charge in [-0.25, -0.2) is 0 Å². The smallest absolute Gasteiger partial charge is 0.387 e. The highest BCUT2D eigenvalue weighted by molar-refractivity contribution is 14.0. The van der Waals surface area contributed by atoms with E-state index in [0.29, 0.717) is 24.1 Å². The maximum Gasteiger partial charge on any atom is 0.387 e. The molecule has 1 aliphatic rings. The number of hydrogen-bond acceptors (Lipinski definition) is 4. The number of hydrogen-bond donors (Lipinski definition) is 2. The van der Waals surface area contributed by atoms with Gasteiger partial charge in [-0.15, -0.1) is 24.0 Å². The Morgan fingerprint density at radius 2 is 2.11 bits per heavy atom. The Labute approximate surface area is 176 Å². The summed E-state index contributed by atoms with van der Waals surface area (Å²) >= 11 is 0. The van der Waals surface area contributed by atoms with Crippen molar-refractivity contribution in [1.29, 1.82) is 0 Å². The van der Waals surface area contributed by atoms with Gasteiger partial charge in [0.05, 0.1) is 6.61 Å². The van der Waals surface area contributed by atoms with E-state index in [1.165, 1.54) is 12.5 Å². The fourth-order valence-corrected chi connectivity index (χ4v) is 3.10. The van der Waals surface area contributed by atoms with Gasteiger partial charge in [-0.1, -0.05) is 18.2 Å².